The maximum atomic E-state index is 12.0. The van der Waals surface area contributed by atoms with Crippen LogP contribution >= 0.6 is 0 Å². The van der Waals surface area contributed by atoms with Crippen LogP contribution in [0.4, 0.5) is 0 Å². The zero-order valence-corrected chi connectivity index (χ0v) is 12.4. The molecule has 1 aromatic heterocycles. The number of benzene rings is 1. The Bertz CT molecular complexity index is 706. The Morgan fingerprint density at radius 1 is 1.43 bits per heavy atom. The van der Waals surface area contributed by atoms with Crippen molar-refractivity contribution in [2.75, 3.05) is 20.7 Å². The topological polar surface area (TPSA) is 45.3 Å². The van der Waals surface area contributed by atoms with Gasteiger partial charge in [-0.25, -0.2) is 0 Å². The van der Waals surface area contributed by atoms with Crippen molar-refractivity contribution in [2.45, 2.75) is 24.8 Å². The van der Waals surface area contributed by atoms with Crippen LogP contribution in [0, 0.1) is 5.92 Å². The van der Waals surface area contributed by atoms with Gasteiger partial charge in [0.1, 0.15) is 0 Å². The van der Waals surface area contributed by atoms with Crippen molar-refractivity contribution in [3.63, 3.8) is 0 Å². The van der Waals surface area contributed by atoms with Crippen LogP contribution < -0.4 is 0 Å². The molecule has 1 aliphatic carbocycles. The molecule has 2 aliphatic rings. The van der Waals surface area contributed by atoms with E-state index in [-0.39, 0.29) is 11.9 Å². The van der Waals surface area contributed by atoms with Crippen molar-refractivity contribution >= 4 is 16.9 Å². The molecule has 0 bridgehead atoms. The predicted octanol–water partition coefficient (Wildman–Crippen LogP) is 2.30. The van der Waals surface area contributed by atoms with E-state index in [1.165, 1.54) is 29.1 Å². The average Bonchev–Trinajstić information content (AvgIpc) is 2.92. The SMILES string of the molecule is COC(=O)[C@H]1C[C@H]2c3cccc4[nH]cc(c34)C[C@H]2N(C)C1. The van der Waals surface area contributed by atoms with Crippen LogP contribution in [0.2, 0.25) is 0 Å². The van der Waals surface area contributed by atoms with Crippen molar-refractivity contribution in [3.8, 4) is 0 Å². The molecule has 0 saturated carbocycles. The van der Waals surface area contributed by atoms with Crippen LogP contribution in [0.5, 0.6) is 0 Å². The van der Waals surface area contributed by atoms with Crippen LogP contribution in [-0.2, 0) is 16.0 Å². The fourth-order valence-electron chi connectivity index (χ4n) is 4.28. The van der Waals surface area contributed by atoms with Crippen molar-refractivity contribution in [1.82, 2.24) is 9.88 Å². The summed E-state index contributed by atoms with van der Waals surface area (Å²) in [6.45, 7) is 0.795. The van der Waals surface area contributed by atoms with Gasteiger partial charge in [-0.15, -0.1) is 0 Å². The zero-order valence-electron chi connectivity index (χ0n) is 12.4. The molecule has 1 saturated heterocycles. The van der Waals surface area contributed by atoms with Gasteiger partial charge in [0, 0.05) is 35.6 Å². The maximum Gasteiger partial charge on any atom is 0.309 e. The van der Waals surface area contributed by atoms with E-state index in [0.717, 1.165) is 19.4 Å². The highest BCUT2D eigenvalue weighted by atomic mass is 16.5. The third-order valence-corrected chi connectivity index (χ3v) is 5.26. The van der Waals surface area contributed by atoms with E-state index >= 15 is 0 Å². The molecule has 0 unspecified atom stereocenters. The Kier molecular flexibility index (Phi) is 2.82. The number of likely N-dealkylation sites (tertiary alicyclic amines) is 1. The van der Waals surface area contributed by atoms with Crippen LogP contribution in [0.3, 0.4) is 0 Å². The van der Waals surface area contributed by atoms with Gasteiger partial charge in [0.2, 0.25) is 0 Å². The standard InChI is InChI=1S/C17H20N2O2/c1-19-9-11(17(20)21-2)6-13-12-4-3-5-14-16(12)10(8-18-14)7-15(13)19/h3-5,8,11,13,15,18H,6-7,9H2,1-2H3/t11-,13-,15+/m0/s1. The molecule has 1 aromatic carbocycles. The lowest BCUT2D eigenvalue weighted by Gasteiger charge is -2.44. The number of carbonyl (C=O) groups excluding carboxylic acids is 1. The Morgan fingerprint density at radius 3 is 3.10 bits per heavy atom. The van der Waals surface area contributed by atoms with E-state index < -0.39 is 0 Å². The predicted molar refractivity (Wildman–Crippen MR) is 81.3 cm³/mol. The first-order chi connectivity index (χ1) is 10.2. The van der Waals surface area contributed by atoms with Gasteiger partial charge in [-0.2, -0.15) is 0 Å². The summed E-state index contributed by atoms with van der Waals surface area (Å²) >= 11 is 0. The first-order valence-electron chi connectivity index (χ1n) is 7.56. The number of aromatic nitrogens is 1. The summed E-state index contributed by atoms with van der Waals surface area (Å²) in [5.74, 6) is 0.323. The maximum absolute atomic E-state index is 12.0. The molecule has 4 heteroatoms. The number of fused-ring (bicyclic) bond motifs is 2. The number of piperidine rings is 1. The average molecular weight is 284 g/mol. The summed E-state index contributed by atoms with van der Waals surface area (Å²) in [6, 6.07) is 6.96. The minimum atomic E-state index is -0.0765. The van der Waals surface area contributed by atoms with Crippen LogP contribution in [0.1, 0.15) is 23.5 Å². The third-order valence-electron chi connectivity index (χ3n) is 5.26. The Hall–Kier alpha value is -1.81. The fraction of sp³-hybridized carbons (Fsp3) is 0.471. The van der Waals surface area contributed by atoms with Gasteiger partial charge in [-0.05, 0) is 37.1 Å². The first kappa shape index (κ1) is 12.9. The second kappa shape index (κ2) is 4.60. The van der Waals surface area contributed by atoms with Gasteiger partial charge in [0.05, 0.1) is 13.0 Å². The molecule has 21 heavy (non-hydrogen) atoms. The lowest BCUT2D eigenvalue weighted by atomic mass is 9.72. The lowest BCUT2D eigenvalue weighted by Crippen LogP contribution is -2.49. The molecule has 3 atom stereocenters. The molecule has 1 fully saturated rings. The monoisotopic (exact) mass is 284 g/mol. The molecular formula is C17H20N2O2. The first-order valence-corrected chi connectivity index (χ1v) is 7.56. The molecule has 1 N–H and O–H groups in total. The number of H-pyrrole nitrogens is 1. The summed E-state index contributed by atoms with van der Waals surface area (Å²) in [6.07, 6.45) is 4.10. The summed E-state index contributed by atoms with van der Waals surface area (Å²) < 4.78 is 4.97. The summed E-state index contributed by atoms with van der Waals surface area (Å²) in [4.78, 5) is 17.7. The molecule has 0 radical (unpaired) electrons. The van der Waals surface area contributed by atoms with E-state index in [4.69, 9.17) is 4.74 Å². The van der Waals surface area contributed by atoms with Gasteiger partial charge in [0.25, 0.3) is 0 Å². The largest absolute Gasteiger partial charge is 0.469 e. The van der Waals surface area contributed by atoms with Gasteiger partial charge >= 0.3 is 5.97 Å². The van der Waals surface area contributed by atoms with Crippen LogP contribution in [0.25, 0.3) is 10.9 Å². The van der Waals surface area contributed by atoms with Crippen molar-refractivity contribution in [3.05, 3.63) is 35.5 Å². The Morgan fingerprint density at radius 2 is 2.29 bits per heavy atom. The normalized spacial score (nSPS) is 28.4. The molecule has 4 nitrogen and oxygen atoms in total. The van der Waals surface area contributed by atoms with E-state index in [0.29, 0.717) is 12.0 Å². The summed E-state index contributed by atoms with van der Waals surface area (Å²) in [5.41, 5.74) is 4.01. The van der Waals surface area contributed by atoms with Gasteiger partial charge in [-0.3, -0.25) is 4.79 Å². The van der Waals surface area contributed by atoms with Crippen molar-refractivity contribution in [2.24, 2.45) is 5.92 Å². The number of nitrogens with zero attached hydrogens (tertiary/aromatic N) is 1. The second-order valence-electron chi connectivity index (χ2n) is 6.36. The summed E-state index contributed by atoms with van der Waals surface area (Å²) in [5, 5.41) is 1.37. The molecule has 1 aliphatic heterocycles. The molecule has 4 rings (SSSR count). The molecule has 0 spiro atoms. The number of methoxy groups -OCH3 is 1. The quantitative estimate of drug-likeness (QED) is 0.817. The second-order valence-corrected chi connectivity index (χ2v) is 6.36. The Balaban J connectivity index is 1.79. The van der Waals surface area contributed by atoms with Gasteiger partial charge in [-0.1, -0.05) is 12.1 Å². The zero-order chi connectivity index (χ0) is 14.6. The smallest absolute Gasteiger partial charge is 0.309 e. The number of hydrogen-bond donors (Lipinski definition) is 1. The highest BCUT2D eigenvalue weighted by Crippen LogP contribution is 2.44. The minimum Gasteiger partial charge on any atom is -0.469 e. The molecular weight excluding hydrogens is 264 g/mol. The molecule has 110 valence electrons. The molecule has 2 heterocycles. The number of rotatable bonds is 1. The van der Waals surface area contributed by atoms with Gasteiger partial charge < -0.3 is 14.6 Å². The highest BCUT2D eigenvalue weighted by molar-refractivity contribution is 5.88. The number of carbonyl (C=O) groups is 1. The fourth-order valence-corrected chi connectivity index (χ4v) is 4.28. The molecule has 2 aromatic rings. The van der Waals surface area contributed by atoms with Gasteiger partial charge in [0.15, 0.2) is 0 Å². The van der Waals surface area contributed by atoms with E-state index in [1.807, 2.05) is 0 Å². The number of nitrogens with one attached hydrogen (secondary N) is 1. The number of ether oxygens (including phenoxy) is 1. The Labute approximate surface area is 124 Å². The number of likely N-dealkylation sites (N-methyl/N-ethyl adjacent to an activating group) is 1. The van der Waals surface area contributed by atoms with E-state index in [1.54, 1.807) is 0 Å². The number of esters is 1. The van der Waals surface area contributed by atoms with Crippen molar-refractivity contribution in [1.29, 1.82) is 0 Å². The van der Waals surface area contributed by atoms with E-state index in [2.05, 4.69) is 41.3 Å². The summed E-state index contributed by atoms with van der Waals surface area (Å²) in [7, 11) is 3.62. The lowest BCUT2D eigenvalue weighted by molar-refractivity contribution is -0.148. The molecule has 0 amide bonds. The van der Waals surface area contributed by atoms with Crippen LogP contribution in [0.15, 0.2) is 24.4 Å². The number of hydrogen-bond acceptors (Lipinski definition) is 3. The number of aromatic amines is 1. The van der Waals surface area contributed by atoms with E-state index in [9.17, 15) is 4.79 Å². The third kappa shape index (κ3) is 1.82. The minimum absolute atomic E-state index is 0.0167. The highest BCUT2D eigenvalue weighted by Gasteiger charge is 2.41. The van der Waals surface area contributed by atoms with Crippen LogP contribution in [-0.4, -0.2) is 42.6 Å². The van der Waals surface area contributed by atoms with Crippen molar-refractivity contribution < 1.29 is 9.53 Å².